The molecule has 1 fully saturated rings. The number of nitrogens with zero attached hydrogens (tertiary/aromatic N) is 2. The van der Waals surface area contributed by atoms with Crippen LogP contribution in [-0.2, 0) is 6.54 Å². The highest BCUT2D eigenvalue weighted by atomic mass is 32.2. The lowest BCUT2D eigenvalue weighted by molar-refractivity contribution is 0.102. The summed E-state index contributed by atoms with van der Waals surface area (Å²) < 4.78 is 1.34. The molecule has 1 aromatic heterocycles. The molecule has 1 saturated carbocycles. The minimum Gasteiger partial charge on any atom is -0.320 e. The average Bonchev–Trinajstić information content (AvgIpc) is 3.23. The van der Waals surface area contributed by atoms with E-state index in [4.69, 9.17) is 0 Å². The zero-order valence-corrected chi connectivity index (χ0v) is 16.7. The number of aromatic nitrogens is 2. The van der Waals surface area contributed by atoms with Gasteiger partial charge in [0.1, 0.15) is 0 Å². The molecule has 0 unspecified atom stereocenters. The quantitative estimate of drug-likeness (QED) is 0.682. The highest BCUT2D eigenvalue weighted by Crippen LogP contribution is 2.38. The van der Waals surface area contributed by atoms with Crippen molar-refractivity contribution in [2.24, 2.45) is 0 Å². The second kappa shape index (κ2) is 8.19. The summed E-state index contributed by atoms with van der Waals surface area (Å²) in [5.41, 5.74) is 0.897. The third-order valence-corrected chi connectivity index (χ3v) is 6.53. The third-order valence-electron chi connectivity index (χ3n) is 5.11. The molecule has 2 aromatic carbocycles. The molecule has 1 aliphatic carbocycles. The van der Waals surface area contributed by atoms with Gasteiger partial charge in [-0.05, 0) is 38.0 Å². The summed E-state index contributed by atoms with van der Waals surface area (Å²) >= 11 is 1.84. The van der Waals surface area contributed by atoms with Crippen LogP contribution >= 0.6 is 11.8 Å². The van der Waals surface area contributed by atoms with Crippen molar-refractivity contribution in [2.45, 2.75) is 49.3 Å². The summed E-state index contributed by atoms with van der Waals surface area (Å²) in [6, 6.07) is 15.0. The van der Waals surface area contributed by atoms with Gasteiger partial charge in [0.2, 0.25) is 0 Å². The van der Waals surface area contributed by atoms with E-state index in [0.717, 1.165) is 10.6 Å². The van der Waals surface area contributed by atoms with E-state index in [-0.39, 0.29) is 17.2 Å². The van der Waals surface area contributed by atoms with Gasteiger partial charge in [-0.1, -0.05) is 43.2 Å². The summed E-state index contributed by atoms with van der Waals surface area (Å²) in [4.78, 5) is 26.7. The van der Waals surface area contributed by atoms with Crippen LogP contribution in [0.15, 0.2) is 58.2 Å². The van der Waals surface area contributed by atoms with Crippen molar-refractivity contribution in [3.63, 3.8) is 0 Å². The number of benzene rings is 2. The average molecular weight is 394 g/mol. The van der Waals surface area contributed by atoms with Crippen LogP contribution in [0.4, 0.5) is 5.69 Å². The molecule has 3 aromatic rings. The molecule has 0 bridgehead atoms. The monoisotopic (exact) mass is 393 g/mol. The first-order valence-corrected chi connectivity index (χ1v) is 10.6. The van der Waals surface area contributed by atoms with Crippen molar-refractivity contribution >= 4 is 34.1 Å². The van der Waals surface area contributed by atoms with E-state index in [1.54, 1.807) is 18.2 Å². The van der Waals surface area contributed by atoms with Gasteiger partial charge >= 0.3 is 0 Å². The number of nitrogens with one attached hydrogen (secondary N) is 1. The first-order valence-electron chi connectivity index (χ1n) is 9.74. The standard InChI is InChI=1S/C22H23N3O2S/c1-2-25-22(27)17-12-6-5-11-16(17)20(24-25)21(26)23-18-13-7-8-14-19(18)28-15-9-3-4-10-15/h5-8,11-15H,2-4,9-10H2,1H3,(H,23,26). The zero-order chi connectivity index (χ0) is 19.5. The lowest BCUT2D eigenvalue weighted by atomic mass is 10.1. The number of carbonyl (C=O) groups excluding carboxylic acids is 1. The Morgan fingerprint density at radius 1 is 1.11 bits per heavy atom. The largest absolute Gasteiger partial charge is 0.320 e. The van der Waals surface area contributed by atoms with Crippen molar-refractivity contribution in [3.05, 3.63) is 64.6 Å². The number of rotatable bonds is 5. The van der Waals surface area contributed by atoms with Crippen LogP contribution in [0, 0.1) is 0 Å². The Bertz CT molecular complexity index is 1070. The topological polar surface area (TPSA) is 64.0 Å². The van der Waals surface area contributed by atoms with Crippen molar-refractivity contribution in [1.29, 1.82) is 0 Å². The van der Waals surface area contributed by atoms with Crippen LogP contribution in [0.1, 0.15) is 43.1 Å². The predicted octanol–water partition coefficient (Wildman–Crippen LogP) is 4.70. The maximum Gasteiger partial charge on any atom is 0.276 e. The summed E-state index contributed by atoms with van der Waals surface area (Å²) in [5.74, 6) is -0.294. The Labute approximate surface area is 168 Å². The molecule has 0 spiro atoms. The van der Waals surface area contributed by atoms with Crippen molar-refractivity contribution < 1.29 is 4.79 Å². The van der Waals surface area contributed by atoms with Crippen LogP contribution in [-0.4, -0.2) is 20.9 Å². The number of carbonyl (C=O) groups is 1. The number of thioether (sulfide) groups is 1. The Hall–Kier alpha value is -2.60. The molecule has 1 N–H and O–H groups in total. The zero-order valence-electron chi connectivity index (χ0n) is 15.9. The minimum absolute atomic E-state index is 0.174. The van der Waals surface area contributed by atoms with Gasteiger partial charge in [0.15, 0.2) is 5.69 Å². The highest BCUT2D eigenvalue weighted by molar-refractivity contribution is 8.00. The number of para-hydroxylation sites is 1. The predicted molar refractivity (Wildman–Crippen MR) is 114 cm³/mol. The van der Waals surface area contributed by atoms with Gasteiger partial charge in [-0.3, -0.25) is 9.59 Å². The molecular formula is C22H23N3O2S. The molecule has 1 aliphatic rings. The van der Waals surface area contributed by atoms with Gasteiger partial charge in [0.25, 0.3) is 11.5 Å². The Balaban J connectivity index is 1.68. The van der Waals surface area contributed by atoms with Crippen molar-refractivity contribution in [3.8, 4) is 0 Å². The van der Waals surface area contributed by atoms with Crippen LogP contribution in [0.3, 0.4) is 0 Å². The summed E-state index contributed by atoms with van der Waals surface area (Å²) in [7, 11) is 0. The maximum atomic E-state index is 13.1. The second-order valence-corrected chi connectivity index (χ2v) is 8.33. The number of fused-ring (bicyclic) bond motifs is 1. The van der Waals surface area contributed by atoms with E-state index < -0.39 is 0 Å². The van der Waals surface area contributed by atoms with E-state index in [9.17, 15) is 9.59 Å². The molecule has 144 valence electrons. The fourth-order valence-corrected chi connectivity index (χ4v) is 4.99. The van der Waals surface area contributed by atoms with E-state index in [2.05, 4.69) is 16.5 Å². The number of hydrogen-bond donors (Lipinski definition) is 1. The molecule has 28 heavy (non-hydrogen) atoms. The summed E-state index contributed by atoms with van der Waals surface area (Å²) in [5, 5.41) is 9.06. The highest BCUT2D eigenvalue weighted by Gasteiger charge is 2.20. The summed E-state index contributed by atoms with van der Waals surface area (Å²) in [6.07, 6.45) is 5.00. The number of hydrogen-bond acceptors (Lipinski definition) is 4. The van der Waals surface area contributed by atoms with Gasteiger partial charge in [-0.2, -0.15) is 5.10 Å². The lowest BCUT2D eigenvalue weighted by Crippen LogP contribution is -2.27. The van der Waals surface area contributed by atoms with Crippen molar-refractivity contribution in [2.75, 3.05) is 5.32 Å². The van der Waals surface area contributed by atoms with Gasteiger partial charge in [-0.25, -0.2) is 4.68 Å². The van der Waals surface area contributed by atoms with Crippen LogP contribution in [0.25, 0.3) is 10.8 Å². The number of amides is 1. The van der Waals surface area contributed by atoms with Gasteiger partial charge in [0, 0.05) is 22.1 Å². The van der Waals surface area contributed by atoms with Crippen LogP contribution in [0.5, 0.6) is 0 Å². The van der Waals surface area contributed by atoms with Crippen LogP contribution in [0.2, 0.25) is 0 Å². The Kier molecular flexibility index (Phi) is 5.48. The lowest BCUT2D eigenvalue weighted by Gasteiger charge is -2.15. The fraction of sp³-hybridized carbons (Fsp3) is 0.318. The van der Waals surface area contributed by atoms with E-state index in [1.807, 2.05) is 43.0 Å². The van der Waals surface area contributed by atoms with Crippen molar-refractivity contribution in [1.82, 2.24) is 9.78 Å². The Morgan fingerprint density at radius 2 is 1.79 bits per heavy atom. The second-order valence-electron chi connectivity index (χ2n) is 6.99. The Morgan fingerprint density at radius 3 is 2.54 bits per heavy atom. The molecular weight excluding hydrogens is 370 g/mol. The molecule has 4 rings (SSSR count). The van der Waals surface area contributed by atoms with Gasteiger partial charge < -0.3 is 5.32 Å². The molecule has 0 atom stereocenters. The first-order chi connectivity index (χ1) is 13.7. The van der Waals surface area contributed by atoms with E-state index >= 15 is 0 Å². The molecule has 0 radical (unpaired) electrons. The molecule has 5 nitrogen and oxygen atoms in total. The molecule has 1 amide bonds. The van der Waals surface area contributed by atoms with Crippen LogP contribution < -0.4 is 10.9 Å². The number of anilines is 1. The normalized spacial score (nSPS) is 14.5. The van der Waals surface area contributed by atoms with E-state index in [0.29, 0.717) is 22.6 Å². The van der Waals surface area contributed by atoms with E-state index in [1.165, 1.54) is 30.4 Å². The fourth-order valence-electron chi connectivity index (χ4n) is 3.66. The molecule has 6 heteroatoms. The maximum absolute atomic E-state index is 13.1. The molecule has 1 heterocycles. The minimum atomic E-state index is -0.294. The van der Waals surface area contributed by atoms with Gasteiger partial charge in [-0.15, -0.1) is 11.8 Å². The third kappa shape index (κ3) is 3.69. The summed E-state index contributed by atoms with van der Waals surface area (Å²) in [6.45, 7) is 2.26. The molecule has 0 aliphatic heterocycles. The molecule has 0 saturated heterocycles. The SMILES string of the molecule is CCn1nc(C(=O)Nc2ccccc2SC2CCCC2)c2ccccc2c1=O. The number of aryl methyl sites for hydroxylation is 1. The van der Waals surface area contributed by atoms with Gasteiger partial charge in [0.05, 0.1) is 11.1 Å². The smallest absolute Gasteiger partial charge is 0.276 e. The first kappa shape index (κ1) is 18.7.